The molecule has 1 aromatic rings. The van der Waals surface area contributed by atoms with Crippen LogP contribution in [-0.2, 0) is 29.0 Å². The Morgan fingerprint density at radius 2 is 2.07 bits per heavy atom. The predicted octanol–water partition coefficient (Wildman–Crippen LogP) is 1.03. The highest BCUT2D eigenvalue weighted by Gasteiger charge is 2.53. The van der Waals surface area contributed by atoms with E-state index in [-0.39, 0.29) is 16.5 Å². The highest BCUT2D eigenvalue weighted by molar-refractivity contribution is 8.01. The van der Waals surface area contributed by atoms with Gasteiger partial charge in [0.05, 0.1) is 15.5 Å². The number of rotatable bonds is 5. The summed E-state index contributed by atoms with van der Waals surface area (Å²) < 4.78 is 28.6. The van der Waals surface area contributed by atoms with Gasteiger partial charge >= 0.3 is 5.97 Å². The number of carbonyl (C=O) groups excluding carboxylic acids is 3. The molecule has 2 heterocycles. The number of hydrogen-bond acceptors (Lipinski definition) is 7. The molecule has 2 amide bonds. The molecule has 0 radical (unpaired) electrons. The molecule has 0 bridgehead atoms. The minimum absolute atomic E-state index is 0.0182. The van der Waals surface area contributed by atoms with Gasteiger partial charge < -0.3 is 15.0 Å². The van der Waals surface area contributed by atoms with Gasteiger partial charge in [-0.1, -0.05) is 12.1 Å². The Morgan fingerprint density at radius 1 is 1.37 bits per heavy atom. The van der Waals surface area contributed by atoms with Gasteiger partial charge in [-0.2, -0.15) is 0 Å². The summed E-state index contributed by atoms with van der Waals surface area (Å²) in [6.07, 6.45) is 2.12. The van der Waals surface area contributed by atoms with E-state index in [1.807, 2.05) is 6.92 Å². The van der Waals surface area contributed by atoms with Crippen LogP contribution in [0.5, 0.6) is 0 Å². The lowest BCUT2D eigenvalue weighted by Crippen LogP contribution is -2.47. The number of benzene rings is 1. The first kappa shape index (κ1) is 19.7. The lowest BCUT2D eigenvalue weighted by atomic mass is 10.2. The van der Waals surface area contributed by atoms with Crippen LogP contribution in [0.15, 0.2) is 29.2 Å². The van der Waals surface area contributed by atoms with Crippen LogP contribution in [0.3, 0.4) is 0 Å². The smallest absolute Gasteiger partial charge is 0.330 e. The third-order valence-electron chi connectivity index (χ3n) is 4.62. The molecular formula is C17H20N2O6S2. The van der Waals surface area contributed by atoms with Crippen LogP contribution in [0.2, 0.25) is 0 Å². The molecule has 0 aromatic heterocycles. The molecule has 10 heteroatoms. The molecule has 2 aliphatic rings. The number of para-hydroxylation sites is 1. The first-order valence-corrected chi connectivity index (χ1v) is 11.2. The van der Waals surface area contributed by atoms with Crippen LogP contribution in [0.1, 0.15) is 19.8 Å². The molecule has 8 nitrogen and oxygen atoms in total. The second-order valence-electron chi connectivity index (χ2n) is 6.69. The number of esters is 1. The molecule has 1 N–H and O–H groups in total. The van der Waals surface area contributed by atoms with Crippen molar-refractivity contribution in [2.24, 2.45) is 0 Å². The van der Waals surface area contributed by atoms with Crippen molar-refractivity contribution >= 4 is 45.1 Å². The van der Waals surface area contributed by atoms with Crippen molar-refractivity contribution in [3.05, 3.63) is 24.3 Å². The predicted molar refractivity (Wildman–Crippen MR) is 99.9 cm³/mol. The van der Waals surface area contributed by atoms with Crippen molar-refractivity contribution in [3.63, 3.8) is 0 Å². The molecule has 0 spiro atoms. The van der Waals surface area contributed by atoms with E-state index in [4.69, 9.17) is 4.74 Å². The van der Waals surface area contributed by atoms with Crippen molar-refractivity contribution in [2.45, 2.75) is 35.6 Å². The summed E-state index contributed by atoms with van der Waals surface area (Å²) in [6.45, 7) is 1.36. The summed E-state index contributed by atoms with van der Waals surface area (Å²) in [4.78, 5) is 37.6. The number of thioether (sulfide) groups is 1. The summed E-state index contributed by atoms with van der Waals surface area (Å²) in [5.74, 6) is -0.941. The zero-order valence-electron chi connectivity index (χ0n) is 14.9. The minimum Gasteiger partial charge on any atom is -0.454 e. The quantitative estimate of drug-likeness (QED) is 0.719. The summed E-state index contributed by atoms with van der Waals surface area (Å²) in [5.41, 5.74) is 0.125. The Balaban J connectivity index is 1.61. The van der Waals surface area contributed by atoms with Crippen molar-refractivity contribution in [1.82, 2.24) is 4.90 Å². The number of sulfone groups is 1. The van der Waals surface area contributed by atoms with Gasteiger partial charge in [0.15, 0.2) is 16.4 Å². The molecular weight excluding hydrogens is 392 g/mol. The summed E-state index contributed by atoms with van der Waals surface area (Å²) in [6, 6.07) is 5.27. The molecule has 2 aliphatic heterocycles. The number of amides is 2. The zero-order chi connectivity index (χ0) is 19.8. The van der Waals surface area contributed by atoms with Crippen LogP contribution < -0.4 is 5.32 Å². The summed E-state index contributed by atoms with van der Waals surface area (Å²) >= 11 is 1.53. The summed E-state index contributed by atoms with van der Waals surface area (Å²) in [5, 5.41) is 2.44. The first-order chi connectivity index (χ1) is 12.6. The topological polar surface area (TPSA) is 110 Å². The lowest BCUT2D eigenvalue weighted by Gasteiger charge is -2.29. The number of fused-ring (bicyclic) bond motifs is 1. The van der Waals surface area contributed by atoms with Crippen molar-refractivity contribution < 1.29 is 27.5 Å². The fourth-order valence-corrected chi connectivity index (χ4v) is 5.57. The molecule has 2 atom stereocenters. The Kier molecular flexibility index (Phi) is 5.22. The van der Waals surface area contributed by atoms with E-state index in [1.54, 1.807) is 17.0 Å². The van der Waals surface area contributed by atoms with Gasteiger partial charge in [0.25, 0.3) is 5.91 Å². The number of carbonyl (C=O) groups is 3. The van der Waals surface area contributed by atoms with Crippen molar-refractivity contribution in [2.75, 3.05) is 23.9 Å². The van der Waals surface area contributed by atoms with Gasteiger partial charge in [-0.3, -0.25) is 9.59 Å². The van der Waals surface area contributed by atoms with Crippen LogP contribution >= 0.6 is 11.8 Å². The molecule has 0 unspecified atom stereocenters. The number of nitrogens with zero attached hydrogens (tertiary/aromatic N) is 1. The summed E-state index contributed by atoms with van der Waals surface area (Å²) in [7, 11) is -3.52. The van der Waals surface area contributed by atoms with Gasteiger partial charge in [-0.05, 0) is 25.5 Å². The Hall–Kier alpha value is -2.07. The Bertz CT molecular complexity index is 900. The monoisotopic (exact) mass is 412 g/mol. The van der Waals surface area contributed by atoms with E-state index < -0.39 is 39.2 Å². The van der Waals surface area contributed by atoms with Crippen LogP contribution in [0.25, 0.3) is 0 Å². The fourth-order valence-electron chi connectivity index (χ4n) is 3.31. The molecule has 1 aromatic carbocycles. The van der Waals surface area contributed by atoms with Crippen molar-refractivity contribution in [1.29, 1.82) is 0 Å². The number of ether oxygens (including phenoxy) is 1. The van der Waals surface area contributed by atoms with Gasteiger partial charge in [0, 0.05) is 18.4 Å². The number of nitrogens with one attached hydrogen (secondary N) is 1. The largest absolute Gasteiger partial charge is 0.454 e. The average molecular weight is 412 g/mol. The standard InChI is InChI=1S/C17H20N2O6S2/c1-17-8-7-15(21)19(17)12(10-26-17)16(22)25-9-14(20)18-11-5-3-4-6-13(11)27(2,23)24/h3-6,12H,7-10H2,1-2H3,(H,18,20)/t12-,17-/m1/s1. The zero-order valence-corrected chi connectivity index (χ0v) is 16.6. The molecule has 2 saturated heterocycles. The van der Waals surface area contributed by atoms with E-state index in [2.05, 4.69) is 5.32 Å². The molecule has 0 saturated carbocycles. The normalized spacial score (nSPS) is 24.6. The third kappa shape index (κ3) is 3.96. The van der Waals surface area contributed by atoms with E-state index in [1.165, 1.54) is 23.9 Å². The SMILES string of the molecule is C[C@@]12CCC(=O)N1[C@@H](C(=O)OCC(=O)Nc1ccccc1S(C)(=O)=O)CS2. The lowest BCUT2D eigenvalue weighted by molar-refractivity contribution is -0.155. The highest BCUT2D eigenvalue weighted by atomic mass is 32.2. The molecule has 3 rings (SSSR count). The van der Waals surface area contributed by atoms with Gasteiger partial charge in [-0.15, -0.1) is 11.8 Å². The van der Waals surface area contributed by atoms with Crippen LogP contribution in [0.4, 0.5) is 5.69 Å². The average Bonchev–Trinajstić information content (AvgIpc) is 3.08. The minimum atomic E-state index is -3.52. The Morgan fingerprint density at radius 3 is 2.78 bits per heavy atom. The fraction of sp³-hybridized carbons (Fsp3) is 0.471. The van der Waals surface area contributed by atoms with Gasteiger partial charge in [0.2, 0.25) is 5.91 Å². The van der Waals surface area contributed by atoms with Gasteiger partial charge in [-0.25, -0.2) is 13.2 Å². The maximum Gasteiger partial charge on any atom is 0.330 e. The number of anilines is 1. The van der Waals surface area contributed by atoms with E-state index in [0.717, 1.165) is 6.26 Å². The van der Waals surface area contributed by atoms with Crippen LogP contribution in [-0.4, -0.2) is 60.6 Å². The molecule has 27 heavy (non-hydrogen) atoms. The van der Waals surface area contributed by atoms with Gasteiger partial charge in [0.1, 0.15) is 6.04 Å². The Labute approximate surface area is 161 Å². The van der Waals surface area contributed by atoms with E-state index >= 15 is 0 Å². The molecule has 2 fully saturated rings. The van der Waals surface area contributed by atoms with Crippen LogP contribution in [0, 0.1) is 0 Å². The maximum absolute atomic E-state index is 12.4. The van der Waals surface area contributed by atoms with E-state index in [9.17, 15) is 22.8 Å². The molecule has 0 aliphatic carbocycles. The third-order valence-corrected chi connectivity index (χ3v) is 7.28. The second-order valence-corrected chi connectivity index (χ2v) is 10.2. The first-order valence-electron chi connectivity index (χ1n) is 8.33. The van der Waals surface area contributed by atoms with E-state index in [0.29, 0.717) is 18.6 Å². The van der Waals surface area contributed by atoms with Crippen molar-refractivity contribution in [3.8, 4) is 0 Å². The highest BCUT2D eigenvalue weighted by Crippen LogP contribution is 2.47. The second kappa shape index (κ2) is 7.16. The number of hydrogen-bond donors (Lipinski definition) is 1. The molecule has 146 valence electrons. The maximum atomic E-state index is 12.4.